The number of aliphatic hydroxyl groups is 2. The zero-order valence-electron chi connectivity index (χ0n) is 24.2. The largest absolute Gasteiger partial charge is 0.496 e. The predicted molar refractivity (Wildman–Crippen MR) is 155 cm³/mol. The number of para-hydroxylation sites is 1. The minimum Gasteiger partial charge on any atom is -0.496 e. The molecule has 0 spiro atoms. The van der Waals surface area contributed by atoms with E-state index in [0.717, 1.165) is 37.7 Å². The molecule has 10 nitrogen and oxygen atoms in total. The number of esters is 1. The number of carbonyl (C=O) groups is 3. The number of aryl methyl sites for hydroxylation is 1. The molecule has 1 heterocycles. The van der Waals surface area contributed by atoms with Crippen LogP contribution in [0.2, 0.25) is 0 Å². The number of nitrogens with zero attached hydrogens (tertiary/aromatic N) is 1. The standard InChI is InChI=1S/C32H42N2O8/c1-40-26-15-9-8-10-23(26)16-17-32(25-13-6-3-7-14-25,29(37)24-11-4-2-5-12-24)22-41-30(38)27(35)28(36)31(39)42-34-20-18-33-19-21-34/h3,6-10,13-15,24,28,31,33,36,39H,2,4-5,11-12,16-22H2,1H3. The lowest BCUT2D eigenvalue weighted by Gasteiger charge is -2.37. The summed E-state index contributed by atoms with van der Waals surface area (Å²) < 4.78 is 11.1. The number of hydrogen-bond donors (Lipinski definition) is 3. The summed E-state index contributed by atoms with van der Waals surface area (Å²) in [5.74, 6) is -2.20. The first kappa shape index (κ1) is 31.8. The summed E-state index contributed by atoms with van der Waals surface area (Å²) in [7, 11) is 1.59. The van der Waals surface area contributed by atoms with Crippen molar-refractivity contribution in [1.29, 1.82) is 0 Å². The maximum Gasteiger partial charge on any atom is 0.377 e. The first-order valence-corrected chi connectivity index (χ1v) is 14.8. The zero-order valence-corrected chi connectivity index (χ0v) is 24.2. The van der Waals surface area contributed by atoms with E-state index in [2.05, 4.69) is 5.32 Å². The number of rotatable bonds is 14. The summed E-state index contributed by atoms with van der Waals surface area (Å²) >= 11 is 0. The maximum atomic E-state index is 14.4. The number of ether oxygens (including phenoxy) is 2. The number of nitrogens with one attached hydrogen (secondary N) is 1. The topological polar surface area (TPSA) is 135 Å². The van der Waals surface area contributed by atoms with E-state index in [1.807, 2.05) is 54.6 Å². The smallest absolute Gasteiger partial charge is 0.377 e. The van der Waals surface area contributed by atoms with Gasteiger partial charge in [0.1, 0.15) is 18.1 Å². The third-order valence-electron chi connectivity index (χ3n) is 8.31. The molecule has 0 radical (unpaired) electrons. The summed E-state index contributed by atoms with van der Waals surface area (Å²) in [5, 5.41) is 25.2. The van der Waals surface area contributed by atoms with Crippen molar-refractivity contribution in [2.24, 2.45) is 5.92 Å². The molecule has 228 valence electrons. The van der Waals surface area contributed by atoms with Gasteiger partial charge in [-0.05, 0) is 42.9 Å². The van der Waals surface area contributed by atoms with Crippen LogP contribution in [-0.2, 0) is 35.8 Å². The van der Waals surface area contributed by atoms with E-state index in [0.29, 0.717) is 50.3 Å². The van der Waals surface area contributed by atoms with E-state index in [1.165, 1.54) is 5.06 Å². The van der Waals surface area contributed by atoms with Crippen molar-refractivity contribution in [3.05, 3.63) is 65.7 Å². The molecule has 0 aromatic heterocycles. The number of hydrogen-bond acceptors (Lipinski definition) is 10. The van der Waals surface area contributed by atoms with Gasteiger partial charge in [0, 0.05) is 32.1 Å². The molecule has 2 aromatic rings. The second-order valence-electron chi connectivity index (χ2n) is 11.0. The Bertz CT molecular complexity index is 1180. The van der Waals surface area contributed by atoms with Crippen LogP contribution in [0.3, 0.4) is 0 Å². The summed E-state index contributed by atoms with van der Waals surface area (Å²) in [6.45, 7) is 1.73. The molecule has 0 amide bonds. The normalized spacial score (nSPS) is 19.3. The number of aliphatic hydroxyl groups excluding tert-OH is 2. The lowest BCUT2D eigenvalue weighted by Crippen LogP contribution is -2.50. The van der Waals surface area contributed by atoms with Gasteiger partial charge in [-0.3, -0.25) is 14.4 Å². The molecule has 1 aliphatic heterocycles. The highest BCUT2D eigenvalue weighted by Gasteiger charge is 2.45. The summed E-state index contributed by atoms with van der Waals surface area (Å²) in [6, 6.07) is 16.8. The van der Waals surface area contributed by atoms with Crippen molar-refractivity contribution < 1.29 is 38.9 Å². The monoisotopic (exact) mass is 582 g/mol. The maximum absolute atomic E-state index is 14.4. The van der Waals surface area contributed by atoms with E-state index < -0.39 is 29.6 Å². The molecule has 2 aromatic carbocycles. The van der Waals surface area contributed by atoms with Gasteiger partial charge in [-0.25, -0.2) is 4.79 Å². The second kappa shape index (κ2) is 15.4. The molecule has 2 fully saturated rings. The second-order valence-corrected chi connectivity index (χ2v) is 11.0. The van der Waals surface area contributed by atoms with E-state index in [9.17, 15) is 24.6 Å². The van der Waals surface area contributed by atoms with E-state index in [4.69, 9.17) is 14.3 Å². The van der Waals surface area contributed by atoms with Crippen LogP contribution in [0.5, 0.6) is 5.75 Å². The van der Waals surface area contributed by atoms with Crippen LogP contribution in [0.25, 0.3) is 0 Å². The average Bonchev–Trinajstić information content (AvgIpc) is 3.05. The minimum atomic E-state index is -2.14. The van der Waals surface area contributed by atoms with Gasteiger partial charge in [-0.15, -0.1) is 0 Å². The third kappa shape index (κ3) is 7.81. The summed E-state index contributed by atoms with van der Waals surface area (Å²) in [5.41, 5.74) is 0.363. The quantitative estimate of drug-likeness (QED) is 0.173. The molecule has 3 unspecified atom stereocenters. The Morgan fingerprint density at radius 3 is 2.33 bits per heavy atom. The molecule has 10 heteroatoms. The highest BCUT2D eigenvalue weighted by Crippen LogP contribution is 2.39. The highest BCUT2D eigenvalue weighted by atomic mass is 16.8. The van der Waals surface area contributed by atoms with Crippen molar-refractivity contribution in [3.8, 4) is 5.75 Å². The van der Waals surface area contributed by atoms with Crippen LogP contribution in [0.4, 0.5) is 0 Å². The Morgan fingerprint density at radius 2 is 1.64 bits per heavy atom. The summed E-state index contributed by atoms with van der Waals surface area (Å²) in [4.78, 5) is 45.5. The number of hydroxylamine groups is 2. The number of piperazine rings is 1. The fraction of sp³-hybridized carbons (Fsp3) is 0.531. The Hall–Kier alpha value is -3.15. The molecular formula is C32H42N2O8. The van der Waals surface area contributed by atoms with Crippen LogP contribution in [-0.4, -0.2) is 85.1 Å². The fourth-order valence-corrected chi connectivity index (χ4v) is 5.88. The van der Waals surface area contributed by atoms with E-state index >= 15 is 0 Å². The van der Waals surface area contributed by atoms with Crippen LogP contribution in [0.1, 0.15) is 49.7 Å². The first-order valence-electron chi connectivity index (χ1n) is 14.8. The van der Waals surface area contributed by atoms with Gasteiger partial charge in [0.15, 0.2) is 6.10 Å². The van der Waals surface area contributed by atoms with Gasteiger partial charge in [0.2, 0.25) is 6.29 Å². The molecule has 42 heavy (non-hydrogen) atoms. The first-order chi connectivity index (χ1) is 20.4. The van der Waals surface area contributed by atoms with Gasteiger partial charge in [-0.2, -0.15) is 5.06 Å². The van der Waals surface area contributed by atoms with E-state index in [1.54, 1.807) is 7.11 Å². The van der Waals surface area contributed by atoms with Crippen molar-refractivity contribution in [1.82, 2.24) is 10.4 Å². The Morgan fingerprint density at radius 1 is 0.976 bits per heavy atom. The predicted octanol–water partition coefficient (Wildman–Crippen LogP) is 2.34. The van der Waals surface area contributed by atoms with Crippen molar-refractivity contribution in [2.75, 3.05) is 39.9 Å². The molecule has 4 rings (SSSR count). The van der Waals surface area contributed by atoms with E-state index in [-0.39, 0.29) is 18.3 Å². The molecule has 3 N–H and O–H groups in total. The van der Waals surface area contributed by atoms with Crippen LogP contribution in [0, 0.1) is 5.92 Å². The fourth-order valence-electron chi connectivity index (χ4n) is 5.88. The zero-order chi connectivity index (χ0) is 30.0. The Balaban J connectivity index is 1.57. The number of carbonyl (C=O) groups excluding carboxylic acids is 3. The molecular weight excluding hydrogens is 540 g/mol. The number of methoxy groups -OCH3 is 1. The molecule has 3 atom stereocenters. The van der Waals surface area contributed by atoms with Gasteiger partial charge in [0.05, 0.1) is 12.5 Å². The van der Waals surface area contributed by atoms with Crippen LogP contribution >= 0.6 is 0 Å². The Kier molecular flexibility index (Phi) is 11.6. The van der Waals surface area contributed by atoms with Gasteiger partial charge < -0.3 is 25.0 Å². The Labute approximate surface area is 246 Å². The van der Waals surface area contributed by atoms with Crippen LogP contribution in [0.15, 0.2) is 54.6 Å². The SMILES string of the molecule is COc1ccccc1CCC(COC(=O)C(=O)C(O)C(O)ON1CCNCC1)(C(=O)C1CCCCC1)c1ccccc1. The lowest BCUT2D eigenvalue weighted by molar-refractivity contribution is -0.288. The van der Waals surface area contributed by atoms with Crippen molar-refractivity contribution in [3.63, 3.8) is 0 Å². The summed E-state index contributed by atoms with van der Waals surface area (Å²) in [6.07, 6.45) is 1.17. The van der Waals surface area contributed by atoms with Crippen LogP contribution < -0.4 is 10.1 Å². The number of ketones is 2. The van der Waals surface area contributed by atoms with Crippen molar-refractivity contribution in [2.45, 2.75) is 62.8 Å². The molecule has 2 aliphatic rings. The molecule has 0 bridgehead atoms. The number of benzene rings is 2. The lowest BCUT2D eigenvalue weighted by atomic mass is 9.67. The number of Topliss-reactive ketones (excluding diaryl/α,β-unsaturated/α-hetero) is 2. The molecule has 1 saturated carbocycles. The molecule has 1 saturated heterocycles. The highest BCUT2D eigenvalue weighted by molar-refractivity contribution is 6.35. The van der Waals surface area contributed by atoms with Gasteiger partial charge >= 0.3 is 5.97 Å². The van der Waals surface area contributed by atoms with Gasteiger partial charge in [0.25, 0.3) is 5.78 Å². The minimum absolute atomic E-state index is 0.0221. The van der Waals surface area contributed by atoms with Gasteiger partial charge in [-0.1, -0.05) is 67.8 Å². The third-order valence-corrected chi connectivity index (χ3v) is 8.31. The van der Waals surface area contributed by atoms with Crippen molar-refractivity contribution >= 4 is 17.5 Å². The average molecular weight is 583 g/mol. The molecule has 1 aliphatic carbocycles.